The first-order chi connectivity index (χ1) is 11.6. The Labute approximate surface area is 143 Å². The Morgan fingerprint density at radius 1 is 1.04 bits per heavy atom. The van der Waals surface area contributed by atoms with Gasteiger partial charge >= 0.3 is 0 Å². The molecule has 1 aliphatic rings. The molecular weight excluding hydrogens is 300 g/mol. The van der Waals surface area contributed by atoms with Gasteiger partial charge in [0.2, 0.25) is 5.91 Å². The highest BCUT2D eigenvalue weighted by molar-refractivity contribution is 5.91. The van der Waals surface area contributed by atoms with Gasteiger partial charge in [-0.05, 0) is 49.2 Å². The highest BCUT2D eigenvalue weighted by Gasteiger charge is 2.12. The number of benzene rings is 1. The molecule has 1 aromatic carbocycles. The molecular formula is C19H24N4O. The minimum absolute atomic E-state index is 0.00462. The van der Waals surface area contributed by atoms with E-state index in [2.05, 4.69) is 44.8 Å². The second kappa shape index (κ2) is 7.34. The Morgan fingerprint density at radius 3 is 2.29 bits per heavy atom. The smallest absolute Gasteiger partial charge is 0.226 e. The lowest BCUT2D eigenvalue weighted by molar-refractivity contribution is -0.118. The van der Waals surface area contributed by atoms with Crippen molar-refractivity contribution >= 4 is 28.8 Å². The number of pyridine rings is 1. The van der Waals surface area contributed by atoms with Gasteiger partial charge in [-0.3, -0.25) is 4.79 Å². The lowest BCUT2D eigenvalue weighted by atomic mass is 10.2. The summed E-state index contributed by atoms with van der Waals surface area (Å²) in [5, 5.41) is 6.12. The minimum atomic E-state index is -0.0445. The van der Waals surface area contributed by atoms with Crippen LogP contribution >= 0.6 is 0 Å². The van der Waals surface area contributed by atoms with Crippen LogP contribution in [0.4, 0.5) is 22.9 Å². The van der Waals surface area contributed by atoms with E-state index in [9.17, 15) is 4.79 Å². The number of rotatable bonds is 5. The van der Waals surface area contributed by atoms with Crippen LogP contribution in [-0.4, -0.2) is 24.0 Å². The van der Waals surface area contributed by atoms with Crippen LogP contribution in [0, 0.1) is 5.92 Å². The molecule has 0 radical (unpaired) electrons. The van der Waals surface area contributed by atoms with Gasteiger partial charge in [0.25, 0.3) is 0 Å². The molecule has 2 aromatic rings. The Bertz CT molecular complexity index is 674. The summed E-state index contributed by atoms with van der Waals surface area (Å²) in [4.78, 5) is 18.4. The van der Waals surface area contributed by atoms with Gasteiger partial charge in [-0.1, -0.05) is 13.8 Å². The van der Waals surface area contributed by atoms with E-state index in [-0.39, 0.29) is 11.8 Å². The summed E-state index contributed by atoms with van der Waals surface area (Å²) in [5.74, 6) is 0.707. The van der Waals surface area contributed by atoms with Crippen LogP contribution in [0.5, 0.6) is 0 Å². The summed E-state index contributed by atoms with van der Waals surface area (Å²) < 4.78 is 0. The van der Waals surface area contributed by atoms with E-state index in [4.69, 9.17) is 0 Å². The number of amides is 1. The Morgan fingerprint density at radius 2 is 1.71 bits per heavy atom. The topological polar surface area (TPSA) is 57.3 Å². The number of anilines is 4. The van der Waals surface area contributed by atoms with E-state index >= 15 is 0 Å². The van der Waals surface area contributed by atoms with Crippen molar-refractivity contribution in [3.63, 3.8) is 0 Å². The van der Waals surface area contributed by atoms with Crippen molar-refractivity contribution in [2.75, 3.05) is 28.6 Å². The van der Waals surface area contributed by atoms with Gasteiger partial charge in [-0.2, -0.15) is 0 Å². The molecule has 0 aliphatic carbocycles. The number of nitrogens with zero attached hydrogens (tertiary/aromatic N) is 2. The van der Waals surface area contributed by atoms with Crippen LogP contribution in [0.25, 0.3) is 0 Å². The molecule has 1 saturated heterocycles. The second-order valence-corrected chi connectivity index (χ2v) is 6.44. The lowest BCUT2D eigenvalue weighted by Gasteiger charge is -2.18. The minimum Gasteiger partial charge on any atom is -0.372 e. The third kappa shape index (κ3) is 4.04. The van der Waals surface area contributed by atoms with E-state index in [1.54, 1.807) is 6.20 Å². The molecule has 5 heteroatoms. The fourth-order valence-electron chi connectivity index (χ4n) is 2.71. The summed E-state index contributed by atoms with van der Waals surface area (Å²) in [6, 6.07) is 12.2. The number of carbonyl (C=O) groups is 1. The van der Waals surface area contributed by atoms with Crippen LogP contribution in [0.15, 0.2) is 42.6 Å². The number of nitrogens with one attached hydrogen (secondary N) is 2. The molecule has 1 aromatic heterocycles. The fraction of sp³-hybridized carbons (Fsp3) is 0.368. The Hall–Kier alpha value is -2.56. The third-order valence-electron chi connectivity index (χ3n) is 4.17. The van der Waals surface area contributed by atoms with E-state index in [0.29, 0.717) is 5.69 Å². The first-order valence-corrected chi connectivity index (χ1v) is 8.51. The first kappa shape index (κ1) is 16.3. The van der Waals surface area contributed by atoms with Gasteiger partial charge in [0.15, 0.2) is 0 Å². The van der Waals surface area contributed by atoms with Gasteiger partial charge < -0.3 is 15.5 Å². The van der Waals surface area contributed by atoms with Crippen molar-refractivity contribution in [3.8, 4) is 0 Å². The highest BCUT2D eigenvalue weighted by Crippen LogP contribution is 2.23. The van der Waals surface area contributed by atoms with Gasteiger partial charge in [-0.15, -0.1) is 0 Å². The predicted molar refractivity (Wildman–Crippen MR) is 98.9 cm³/mol. The van der Waals surface area contributed by atoms with Gasteiger partial charge in [0.05, 0.1) is 11.9 Å². The molecule has 5 nitrogen and oxygen atoms in total. The van der Waals surface area contributed by atoms with Crippen LogP contribution in [0.1, 0.15) is 26.7 Å². The zero-order valence-electron chi connectivity index (χ0n) is 14.2. The van der Waals surface area contributed by atoms with E-state index in [0.717, 1.165) is 24.6 Å². The Balaban J connectivity index is 1.60. The van der Waals surface area contributed by atoms with Gasteiger partial charge in [-0.25, -0.2) is 4.98 Å². The summed E-state index contributed by atoms with van der Waals surface area (Å²) >= 11 is 0. The largest absolute Gasteiger partial charge is 0.372 e. The van der Waals surface area contributed by atoms with Crippen molar-refractivity contribution in [1.82, 2.24) is 4.98 Å². The molecule has 0 spiro atoms. The molecule has 1 aliphatic heterocycles. The molecule has 1 amide bonds. The van der Waals surface area contributed by atoms with Gasteiger partial charge in [0, 0.05) is 30.4 Å². The lowest BCUT2D eigenvalue weighted by Crippen LogP contribution is -2.17. The molecule has 0 bridgehead atoms. The van der Waals surface area contributed by atoms with Crippen molar-refractivity contribution in [3.05, 3.63) is 42.6 Å². The molecule has 24 heavy (non-hydrogen) atoms. The maximum absolute atomic E-state index is 11.7. The summed E-state index contributed by atoms with van der Waals surface area (Å²) in [6.45, 7) is 6.03. The molecule has 2 heterocycles. The normalized spacial score (nSPS) is 14.0. The third-order valence-corrected chi connectivity index (χ3v) is 4.17. The second-order valence-electron chi connectivity index (χ2n) is 6.44. The molecule has 0 saturated carbocycles. The average Bonchev–Trinajstić information content (AvgIpc) is 3.12. The summed E-state index contributed by atoms with van der Waals surface area (Å²) in [5.41, 5.74) is 2.99. The van der Waals surface area contributed by atoms with Crippen LogP contribution in [-0.2, 0) is 4.79 Å². The molecule has 0 unspecified atom stereocenters. The molecule has 1 fully saturated rings. The fourth-order valence-corrected chi connectivity index (χ4v) is 2.71. The van der Waals surface area contributed by atoms with Crippen molar-refractivity contribution < 1.29 is 4.79 Å². The van der Waals surface area contributed by atoms with Crippen molar-refractivity contribution in [2.45, 2.75) is 26.7 Å². The molecule has 3 rings (SSSR count). The van der Waals surface area contributed by atoms with Crippen LogP contribution in [0.3, 0.4) is 0 Å². The van der Waals surface area contributed by atoms with E-state index in [1.165, 1.54) is 18.5 Å². The highest BCUT2D eigenvalue weighted by atomic mass is 16.1. The molecule has 0 atom stereocenters. The molecule has 126 valence electrons. The van der Waals surface area contributed by atoms with Crippen LogP contribution < -0.4 is 15.5 Å². The first-order valence-electron chi connectivity index (χ1n) is 8.51. The number of hydrogen-bond donors (Lipinski definition) is 2. The molecule has 2 N–H and O–H groups in total. The summed E-state index contributed by atoms with van der Waals surface area (Å²) in [7, 11) is 0. The average molecular weight is 324 g/mol. The predicted octanol–water partition coefficient (Wildman–Crippen LogP) is 4.02. The number of carbonyl (C=O) groups excluding carboxylic acids is 1. The number of aromatic nitrogens is 1. The zero-order valence-corrected chi connectivity index (χ0v) is 14.2. The van der Waals surface area contributed by atoms with Crippen LogP contribution in [0.2, 0.25) is 0 Å². The van der Waals surface area contributed by atoms with Crippen molar-refractivity contribution in [1.29, 1.82) is 0 Å². The standard InChI is InChI=1S/C19H24N4O/c1-14(2)19(24)22-16-7-10-18(20-13-16)21-15-5-8-17(9-6-15)23-11-3-4-12-23/h5-10,13-14H,3-4,11-12H2,1-2H3,(H,20,21)(H,22,24). The SMILES string of the molecule is CC(C)C(=O)Nc1ccc(Nc2ccc(N3CCCC3)cc2)nc1. The zero-order chi connectivity index (χ0) is 16.9. The van der Waals surface area contributed by atoms with Crippen molar-refractivity contribution in [2.24, 2.45) is 5.92 Å². The monoisotopic (exact) mass is 324 g/mol. The van der Waals surface area contributed by atoms with E-state index < -0.39 is 0 Å². The van der Waals surface area contributed by atoms with Gasteiger partial charge in [0.1, 0.15) is 5.82 Å². The van der Waals surface area contributed by atoms with E-state index in [1.807, 2.05) is 26.0 Å². The number of hydrogen-bond acceptors (Lipinski definition) is 4. The maximum Gasteiger partial charge on any atom is 0.226 e. The quantitative estimate of drug-likeness (QED) is 0.872. The summed E-state index contributed by atoms with van der Waals surface area (Å²) in [6.07, 6.45) is 4.23. The Kier molecular flexibility index (Phi) is 4.99. The maximum atomic E-state index is 11.7.